The second-order valence-electron chi connectivity index (χ2n) is 14.5. The molecule has 1 aliphatic heterocycles. The van der Waals surface area contributed by atoms with Gasteiger partial charge in [0.2, 0.25) is 5.91 Å². The third-order valence-electron chi connectivity index (χ3n) is 11.0. The first-order valence-corrected chi connectivity index (χ1v) is 15.1. The zero-order valence-corrected chi connectivity index (χ0v) is 24.7. The lowest BCUT2D eigenvalue weighted by molar-refractivity contribution is -0.408. The molecule has 43 heavy (non-hydrogen) atoms. The number of amides is 1. The van der Waals surface area contributed by atoms with Gasteiger partial charge in [-0.25, -0.2) is 0 Å². The topological polar surface area (TPSA) is 91.0 Å². The van der Waals surface area contributed by atoms with E-state index in [0.29, 0.717) is 50.9 Å². The Morgan fingerprint density at radius 1 is 1.00 bits per heavy atom. The summed E-state index contributed by atoms with van der Waals surface area (Å²) < 4.78 is 85.2. The van der Waals surface area contributed by atoms with Gasteiger partial charge in [0, 0.05) is 29.7 Å². The lowest BCUT2D eigenvalue weighted by Crippen LogP contribution is -2.57. The molecule has 0 bridgehead atoms. The zero-order chi connectivity index (χ0) is 31.2. The standard InChI is InChI=1S/C32H40F5NO5/c1-27(2)16-41-30(42-17-27)13-11-23-25-20(10-12-29(23,40)15-30)22-8-9-24(43-32(36,37)31(33,34)35)28(22,3)14-21(25)18-4-6-19(7-5-18)26(38)39/h4-7,20-22,24,40H,8-17H2,1-3H3,(H2,38,39). The summed E-state index contributed by atoms with van der Waals surface area (Å²) >= 11 is 0. The summed E-state index contributed by atoms with van der Waals surface area (Å²) in [5, 5.41) is 12.2. The molecule has 6 unspecified atom stereocenters. The molecule has 3 N–H and O–H groups in total. The van der Waals surface area contributed by atoms with Crippen LogP contribution in [0, 0.1) is 22.7 Å². The number of ether oxygens (including phenoxy) is 3. The first kappa shape index (κ1) is 30.9. The van der Waals surface area contributed by atoms with Gasteiger partial charge in [-0.1, -0.05) is 38.5 Å². The molecule has 4 aliphatic carbocycles. The van der Waals surface area contributed by atoms with Gasteiger partial charge in [-0.3, -0.25) is 4.79 Å². The second kappa shape index (κ2) is 9.96. The molecule has 1 heterocycles. The van der Waals surface area contributed by atoms with Gasteiger partial charge in [-0.2, -0.15) is 22.0 Å². The third-order valence-corrected chi connectivity index (χ3v) is 11.0. The molecule has 1 aromatic rings. The average molecular weight is 614 g/mol. The number of carbonyl (C=O) groups excluding carboxylic acids is 1. The molecule has 6 rings (SSSR count). The van der Waals surface area contributed by atoms with E-state index in [0.717, 1.165) is 16.7 Å². The minimum atomic E-state index is -5.81. The predicted octanol–water partition coefficient (Wildman–Crippen LogP) is 6.62. The molecule has 4 fully saturated rings. The minimum absolute atomic E-state index is 0.0874. The third kappa shape index (κ3) is 5.12. The summed E-state index contributed by atoms with van der Waals surface area (Å²) in [6.45, 7) is 6.92. The number of primary amides is 1. The molecule has 3 saturated carbocycles. The van der Waals surface area contributed by atoms with Crippen molar-refractivity contribution in [2.75, 3.05) is 13.2 Å². The van der Waals surface area contributed by atoms with Crippen LogP contribution in [0.15, 0.2) is 35.4 Å². The quantitative estimate of drug-likeness (QED) is 0.294. The Morgan fingerprint density at radius 3 is 2.26 bits per heavy atom. The molecule has 1 amide bonds. The Bertz CT molecular complexity index is 1300. The number of hydrogen-bond donors (Lipinski definition) is 2. The first-order valence-electron chi connectivity index (χ1n) is 15.1. The molecule has 6 atom stereocenters. The molecule has 6 nitrogen and oxygen atoms in total. The number of alkyl halides is 5. The molecule has 11 heteroatoms. The highest BCUT2D eigenvalue weighted by atomic mass is 19.4. The summed E-state index contributed by atoms with van der Waals surface area (Å²) in [7, 11) is 0. The highest BCUT2D eigenvalue weighted by molar-refractivity contribution is 5.92. The van der Waals surface area contributed by atoms with Crippen molar-refractivity contribution < 1.29 is 46.1 Å². The Balaban J connectivity index is 1.40. The number of carbonyl (C=O) groups is 1. The van der Waals surface area contributed by atoms with Crippen LogP contribution in [0.5, 0.6) is 0 Å². The number of allylic oxidation sites excluding steroid dienone is 1. The number of fused-ring (bicyclic) bond motifs is 4. The van der Waals surface area contributed by atoms with E-state index >= 15 is 0 Å². The largest absolute Gasteiger partial charge is 0.482 e. The molecule has 0 radical (unpaired) electrons. The van der Waals surface area contributed by atoms with E-state index in [9.17, 15) is 31.9 Å². The van der Waals surface area contributed by atoms with Gasteiger partial charge in [0.05, 0.1) is 24.9 Å². The SMILES string of the molecule is CC1(C)COC2(CCC3=C4C(c5ccc(C(N)=O)cc5)CC5(C)C(OC(F)(F)C(F)(F)F)CCC5C4CCC3(O)C2)OC1. The fourth-order valence-corrected chi connectivity index (χ4v) is 8.82. The maximum absolute atomic E-state index is 14.2. The monoisotopic (exact) mass is 613 g/mol. The number of rotatable bonds is 4. The fourth-order valence-electron chi connectivity index (χ4n) is 8.82. The van der Waals surface area contributed by atoms with Crippen molar-refractivity contribution in [2.45, 2.75) is 108 Å². The van der Waals surface area contributed by atoms with E-state index in [1.54, 1.807) is 31.2 Å². The van der Waals surface area contributed by atoms with Crippen LogP contribution in [0.4, 0.5) is 22.0 Å². The highest BCUT2D eigenvalue weighted by Crippen LogP contribution is 2.66. The van der Waals surface area contributed by atoms with Gasteiger partial charge < -0.3 is 25.1 Å². The number of aliphatic hydroxyl groups is 1. The maximum atomic E-state index is 14.2. The molecule has 0 aromatic heterocycles. The number of nitrogens with two attached hydrogens (primary N) is 1. The van der Waals surface area contributed by atoms with Crippen LogP contribution in [-0.4, -0.2) is 54.0 Å². The van der Waals surface area contributed by atoms with Crippen molar-refractivity contribution in [3.63, 3.8) is 0 Å². The van der Waals surface area contributed by atoms with Crippen molar-refractivity contribution in [1.82, 2.24) is 0 Å². The molecular weight excluding hydrogens is 573 g/mol. The highest BCUT2D eigenvalue weighted by Gasteiger charge is 2.66. The van der Waals surface area contributed by atoms with Gasteiger partial charge in [0.1, 0.15) is 0 Å². The van der Waals surface area contributed by atoms with Crippen molar-refractivity contribution in [2.24, 2.45) is 28.4 Å². The van der Waals surface area contributed by atoms with Crippen LogP contribution in [-0.2, 0) is 14.2 Å². The van der Waals surface area contributed by atoms with E-state index in [4.69, 9.17) is 15.2 Å². The van der Waals surface area contributed by atoms with Crippen molar-refractivity contribution >= 4 is 5.91 Å². The van der Waals surface area contributed by atoms with Gasteiger partial charge in [-0.15, -0.1) is 0 Å². The molecular formula is C32H40F5NO5. The lowest BCUT2D eigenvalue weighted by Gasteiger charge is -2.57. The summed E-state index contributed by atoms with van der Waals surface area (Å²) in [6.07, 6.45) is -9.24. The smallest absolute Gasteiger partial charge is 0.385 e. The summed E-state index contributed by atoms with van der Waals surface area (Å²) in [6, 6.07) is 6.73. The minimum Gasteiger partial charge on any atom is -0.385 e. The first-order chi connectivity index (χ1) is 19.9. The van der Waals surface area contributed by atoms with Crippen molar-refractivity contribution in [3.05, 3.63) is 46.5 Å². The average Bonchev–Trinajstić information content (AvgIpc) is 3.24. The van der Waals surface area contributed by atoms with Crippen LogP contribution in [0.2, 0.25) is 0 Å². The van der Waals surface area contributed by atoms with Crippen LogP contribution in [0.3, 0.4) is 0 Å². The normalized spacial score (nSPS) is 37.0. The van der Waals surface area contributed by atoms with Crippen LogP contribution < -0.4 is 5.73 Å². The Kier molecular flexibility index (Phi) is 7.16. The molecule has 5 aliphatic rings. The van der Waals surface area contributed by atoms with Gasteiger partial charge in [0.25, 0.3) is 0 Å². The van der Waals surface area contributed by atoms with Crippen molar-refractivity contribution in [1.29, 1.82) is 0 Å². The van der Waals surface area contributed by atoms with Crippen LogP contribution in [0.25, 0.3) is 0 Å². The lowest BCUT2D eigenvalue weighted by atomic mass is 9.51. The van der Waals surface area contributed by atoms with Gasteiger partial charge >= 0.3 is 12.3 Å². The van der Waals surface area contributed by atoms with E-state index in [2.05, 4.69) is 18.6 Å². The molecule has 1 aromatic carbocycles. The van der Waals surface area contributed by atoms with E-state index < -0.39 is 41.1 Å². The maximum Gasteiger partial charge on any atom is 0.482 e. The predicted molar refractivity (Wildman–Crippen MR) is 146 cm³/mol. The summed E-state index contributed by atoms with van der Waals surface area (Å²) in [5.74, 6) is -2.17. The van der Waals surface area contributed by atoms with Crippen molar-refractivity contribution in [3.8, 4) is 0 Å². The van der Waals surface area contributed by atoms with Gasteiger partial charge in [0.15, 0.2) is 5.79 Å². The Labute approximate surface area is 248 Å². The van der Waals surface area contributed by atoms with Crippen LogP contribution in [0.1, 0.15) is 94.0 Å². The van der Waals surface area contributed by atoms with Crippen LogP contribution >= 0.6 is 0 Å². The zero-order valence-electron chi connectivity index (χ0n) is 24.7. The number of hydrogen-bond acceptors (Lipinski definition) is 5. The fraction of sp³-hybridized carbons (Fsp3) is 0.719. The molecule has 1 spiro atoms. The van der Waals surface area contributed by atoms with E-state index in [-0.39, 0.29) is 42.4 Å². The second-order valence-corrected chi connectivity index (χ2v) is 14.5. The van der Waals surface area contributed by atoms with Gasteiger partial charge in [-0.05, 0) is 79.0 Å². The molecule has 1 saturated heterocycles. The summed E-state index contributed by atoms with van der Waals surface area (Å²) in [5.41, 5.74) is 6.20. The summed E-state index contributed by atoms with van der Waals surface area (Å²) in [4.78, 5) is 11.8. The number of benzene rings is 1. The molecule has 238 valence electrons. The van der Waals surface area contributed by atoms with E-state index in [1.807, 2.05) is 0 Å². The number of halogens is 5. The van der Waals surface area contributed by atoms with E-state index in [1.165, 1.54) is 0 Å². The Morgan fingerprint density at radius 2 is 1.65 bits per heavy atom. The Hall–Kier alpha value is -2.08.